The van der Waals surface area contributed by atoms with E-state index in [1.54, 1.807) is 24.3 Å². The van der Waals surface area contributed by atoms with E-state index in [1.165, 1.54) is 12.1 Å². The number of azide groups is 1. The molecule has 0 radical (unpaired) electrons. The van der Waals surface area contributed by atoms with Gasteiger partial charge in [0.2, 0.25) is 0 Å². The van der Waals surface area contributed by atoms with Crippen LogP contribution in [0.2, 0.25) is 5.02 Å². The molecule has 0 atom stereocenters. The summed E-state index contributed by atoms with van der Waals surface area (Å²) < 4.78 is 0. The lowest BCUT2D eigenvalue weighted by Crippen LogP contribution is -2.48. The van der Waals surface area contributed by atoms with Crippen LogP contribution in [-0.2, 0) is 26.6 Å². The summed E-state index contributed by atoms with van der Waals surface area (Å²) in [6.07, 6.45) is 4.15. The summed E-state index contributed by atoms with van der Waals surface area (Å²) in [6, 6.07) is 13.5. The molecule has 0 saturated heterocycles. The lowest BCUT2D eigenvalue weighted by molar-refractivity contribution is -0.414. The molecule has 0 aromatic heterocycles. The molecule has 10 heteroatoms. The molecule has 2 aromatic carbocycles. The highest BCUT2D eigenvalue weighted by Gasteiger charge is 2.44. The monoisotopic (exact) mass is 472 g/mol. The van der Waals surface area contributed by atoms with Crippen molar-refractivity contribution >= 4 is 23.5 Å². The first-order valence-electron chi connectivity index (χ1n) is 10.7. The molecule has 0 unspecified atom stereocenters. The molecule has 3 rings (SSSR count). The predicted octanol–water partition coefficient (Wildman–Crippen LogP) is 5.44. The van der Waals surface area contributed by atoms with Crippen molar-refractivity contribution < 1.29 is 24.6 Å². The number of hydroxylamine groups is 2. The van der Waals surface area contributed by atoms with E-state index in [2.05, 4.69) is 10.0 Å². The lowest BCUT2D eigenvalue weighted by Gasteiger charge is -2.39. The van der Waals surface area contributed by atoms with Crippen molar-refractivity contribution in [2.45, 2.75) is 44.1 Å². The Bertz CT molecular complexity index is 1000. The quantitative estimate of drug-likeness (QED) is 0.123. The second-order valence-electron chi connectivity index (χ2n) is 7.84. The van der Waals surface area contributed by atoms with Crippen molar-refractivity contribution in [2.75, 3.05) is 13.2 Å². The first kappa shape index (κ1) is 24.5. The molecular formula is C23H25ClN4O5. The first-order valence-corrected chi connectivity index (χ1v) is 11.0. The number of rotatable bonds is 10. The number of carboxylic acids is 1. The highest BCUT2D eigenvalue weighted by Crippen LogP contribution is 2.41. The number of nitrogens with zero attached hydrogens (tertiary/aromatic N) is 4. The van der Waals surface area contributed by atoms with Crippen molar-refractivity contribution in [3.8, 4) is 0 Å². The third-order valence-electron chi connectivity index (χ3n) is 5.75. The van der Waals surface area contributed by atoms with Gasteiger partial charge in [0, 0.05) is 9.93 Å². The molecule has 1 saturated carbocycles. The van der Waals surface area contributed by atoms with Gasteiger partial charge in [0.1, 0.15) is 0 Å². The molecule has 174 valence electrons. The fourth-order valence-electron chi connectivity index (χ4n) is 4.06. The van der Waals surface area contributed by atoms with Gasteiger partial charge in [-0.1, -0.05) is 60.2 Å². The second-order valence-corrected chi connectivity index (χ2v) is 8.28. The normalized spacial score (nSPS) is 14.8. The van der Waals surface area contributed by atoms with E-state index in [0.717, 1.165) is 29.9 Å². The van der Waals surface area contributed by atoms with Crippen molar-refractivity contribution in [3.63, 3.8) is 0 Å². The summed E-state index contributed by atoms with van der Waals surface area (Å²) >= 11 is 6.07. The molecule has 9 nitrogen and oxygen atoms in total. The fourth-order valence-corrected chi connectivity index (χ4v) is 4.19. The van der Waals surface area contributed by atoms with Crippen LogP contribution in [0.5, 0.6) is 0 Å². The van der Waals surface area contributed by atoms with Gasteiger partial charge in [0.25, 0.3) is 5.91 Å². The zero-order valence-corrected chi connectivity index (χ0v) is 18.8. The van der Waals surface area contributed by atoms with Gasteiger partial charge in [-0.15, -0.1) is 4.99 Å². The summed E-state index contributed by atoms with van der Waals surface area (Å²) in [6.45, 7) is 0.0729. The van der Waals surface area contributed by atoms with E-state index < -0.39 is 11.4 Å². The van der Waals surface area contributed by atoms with E-state index in [1.807, 2.05) is 12.1 Å². The number of carboxylic acid groups (broad SMARTS) is 1. The van der Waals surface area contributed by atoms with Gasteiger partial charge in [0.05, 0.1) is 30.7 Å². The number of amides is 1. The van der Waals surface area contributed by atoms with E-state index in [4.69, 9.17) is 32.1 Å². The van der Waals surface area contributed by atoms with E-state index in [9.17, 15) is 9.59 Å². The topological polar surface area (TPSA) is 125 Å². The van der Waals surface area contributed by atoms with E-state index >= 15 is 0 Å². The average Bonchev–Trinajstić information content (AvgIpc) is 2.84. The molecule has 1 N–H and O–H groups in total. The zero-order chi connectivity index (χ0) is 23.7. The van der Waals surface area contributed by atoms with E-state index in [0.29, 0.717) is 23.4 Å². The SMILES string of the molecule is [N-]=[N+]=NCCOON(Cc1ccc(C(=O)O)cc1)C(=O)C1(c2ccc(Cl)cc2)CCCCC1. The van der Waals surface area contributed by atoms with Crippen molar-refractivity contribution in [2.24, 2.45) is 5.11 Å². The molecule has 1 fully saturated rings. The van der Waals surface area contributed by atoms with Crippen molar-refractivity contribution in [1.29, 1.82) is 0 Å². The van der Waals surface area contributed by atoms with Gasteiger partial charge in [0.15, 0.2) is 0 Å². The highest BCUT2D eigenvalue weighted by molar-refractivity contribution is 6.30. The lowest BCUT2D eigenvalue weighted by atomic mass is 9.68. The Morgan fingerprint density at radius 2 is 1.76 bits per heavy atom. The van der Waals surface area contributed by atoms with Gasteiger partial charge in [-0.2, -0.15) is 5.06 Å². The maximum atomic E-state index is 13.9. The first-order chi connectivity index (χ1) is 16.0. The Morgan fingerprint density at radius 1 is 1.09 bits per heavy atom. The van der Waals surface area contributed by atoms with Crippen molar-refractivity contribution in [3.05, 3.63) is 80.7 Å². The summed E-state index contributed by atoms with van der Waals surface area (Å²) in [5.41, 5.74) is 9.30. The summed E-state index contributed by atoms with van der Waals surface area (Å²) in [7, 11) is 0. The van der Waals surface area contributed by atoms with Crippen LogP contribution in [0.25, 0.3) is 10.4 Å². The summed E-state index contributed by atoms with van der Waals surface area (Å²) in [5, 5.41) is 14.3. The van der Waals surface area contributed by atoms with Crippen LogP contribution >= 0.6 is 11.6 Å². The van der Waals surface area contributed by atoms with Gasteiger partial charge in [-0.25, -0.2) is 9.68 Å². The van der Waals surface area contributed by atoms with E-state index in [-0.39, 0.29) is 31.2 Å². The number of hydrogen-bond donors (Lipinski definition) is 1. The van der Waals surface area contributed by atoms with Crippen LogP contribution in [0.15, 0.2) is 53.6 Å². The predicted molar refractivity (Wildman–Crippen MR) is 121 cm³/mol. The Balaban J connectivity index is 1.88. The molecule has 2 aromatic rings. The smallest absolute Gasteiger partial charge is 0.335 e. The maximum absolute atomic E-state index is 13.9. The van der Waals surface area contributed by atoms with Crippen LogP contribution in [0.4, 0.5) is 0 Å². The Labute approximate surface area is 196 Å². The highest BCUT2D eigenvalue weighted by atomic mass is 35.5. The molecule has 33 heavy (non-hydrogen) atoms. The van der Waals surface area contributed by atoms with Gasteiger partial charge in [-0.05, 0) is 53.8 Å². The van der Waals surface area contributed by atoms with Crippen LogP contribution < -0.4 is 0 Å². The molecule has 0 aliphatic heterocycles. The second kappa shape index (κ2) is 11.7. The van der Waals surface area contributed by atoms with Crippen LogP contribution in [0.1, 0.15) is 53.6 Å². The van der Waals surface area contributed by atoms with Gasteiger partial charge < -0.3 is 5.11 Å². The minimum absolute atomic E-state index is 0.0280. The summed E-state index contributed by atoms with van der Waals surface area (Å²) in [5.74, 6) is -1.29. The largest absolute Gasteiger partial charge is 0.478 e. The van der Waals surface area contributed by atoms with Gasteiger partial charge in [-0.3, -0.25) is 4.79 Å². The molecular weight excluding hydrogens is 448 g/mol. The molecule has 0 heterocycles. The fraction of sp³-hybridized carbons (Fsp3) is 0.391. The Hall–Kier alpha value is -3.10. The van der Waals surface area contributed by atoms with Crippen LogP contribution in [0, 0.1) is 0 Å². The van der Waals surface area contributed by atoms with Gasteiger partial charge >= 0.3 is 5.97 Å². The number of hydrogen-bond acceptors (Lipinski definition) is 5. The number of carbonyl (C=O) groups excluding carboxylic acids is 1. The molecule has 1 aliphatic carbocycles. The molecule has 1 aliphatic rings. The zero-order valence-electron chi connectivity index (χ0n) is 18.0. The third kappa shape index (κ3) is 6.24. The van der Waals surface area contributed by atoms with Crippen LogP contribution in [0.3, 0.4) is 0 Å². The Morgan fingerprint density at radius 3 is 2.36 bits per heavy atom. The minimum Gasteiger partial charge on any atom is -0.478 e. The number of benzene rings is 2. The molecule has 0 bridgehead atoms. The van der Waals surface area contributed by atoms with Crippen LogP contribution in [-0.4, -0.2) is 35.2 Å². The number of aromatic carboxylic acids is 1. The molecule has 0 spiro atoms. The average molecular weight is 473 g/mol. The number of halogens is 1. The van der Waals surface area contributed by atoms with Crippen molar-refractivity contribution in [1.82, 2.24) is 5.06 Å². The Kier molecular flexibility index (Phi) is 8.68. The molecule has 1 amide bonds. The number of carbonyl (C=O) groups is 2. The minimum atomic E-state index is -1.03. The maximum Gasteiger partial charge on any atom is 0.335 e. The third-order valence-corrected chi connectivity index (χ3v) is 6.00. The standard InChI is InChI=1S/C23H25ClN4O5/c24-20-10-8-19(9-11-20)23(12-2-1-3-13-23)22(31)28(33-32-15-14-26-27-25)16-17-4-6-18(7-5-17)21(29)30/h4-11H,1-3,12-16H2,(H,29,30). The summed E-state index contributed by atoms with van der Waals surface area (Å²) in [4.78, 5) is 38.3.